The number of ether oxygens (including phenoxy) is 1. The predicted molar refractivity (Wildman–Crippen MR) is 115 cm³/mol. The summed E-state index contributed by atoms with van der Waals surface area (Å²) in [5.74, 6) is -0.136. The minimum Gasteiger partial charge on any atom is -0.476 e. The van der Waals surface area contributed by atoms with Crippen molar-refractivity contribution in [2.75, 3.05) is 25.5 Å². The molecule has 1 atom stereocenters. The van der Waals surface area contributed by atoms with Crippen LogP contribution in [0.15, 0.2) is 34.0 Å². The molecule has 0 spiro atoms. The van der Waals surface area contributed by atoms with E-state index in [0.29, 0.717) is 18.7 Å². The number of hydrogen-bond acceptors (Lipinski definition) is 6. The van der Waals surface area contributed by atoms with Crippen LogP contribution in [-0.2, 0) is 16.0 Å². The van der Waals surface area contributed by atoms with Crippen LogP contribution in [0.1, 0.15) is 53.8 Å². The molecule has 1 aliphatic rings. The van der Waals surface area contributed by atoms with Crippen molar-refractivity contribution in [3.63, 3.8) is 0 Å². The average Bonchev–Trinajstić information content (AvgIpc) is 3.33. The Labute approximate surface area is 179 Å². The van der Waals surface area contributed by atoms with Gasteiger partial charge in [-0.25, -0.2) is 9.78 Å². The highest BCUT2D eigenvalue weighted by atomic mass is 32.2. The SMILES string of the molecule is CCCOCCc1ccc(C2CCC(=O)N2CCSc2nc(C(=O)O)cs2)cc1. The lowest BCUT2D eigenvalue weighted by molar-refractivity contribution is -0.128. The Hall–Kier alpha value is -1.90. The van der Waals surface area contributed by atoms with Crippen LogP contribution in [0.4, 0.5) is 0 Å². The van der Waals surface area contributed by atoms with E-state index < -0.39 is 5.97 Å². The first-order valence-electron chi connectivity index (χ1n) is 9.86. The van der Waals surface area contributed by atoms with Gasteiger partial charge >= 0.3 is 5.97 Å². The molecule has 1 saturated heterocycles. The van der Waals surface area contributed by atoms with Crippen molar-refractivity contribution in [1.82, 2.24) is 9.88 Å². The molecular weight excluding hydrogens is 408 g/mol. The third-order valence-corrected chi connectivity index (χ3v) is 6.84. The summed E-state index contributed by atoms with van der Waals surface area (Å²) in [6, 6.07) is 8.61. The summed E-state index contributed by atoms with van der Waals surface area (Å²) in [7, 11) is 0. The van der Waals surface area contributed by atoms with E-state index in [9.17, 15) is 9.59 Å². The number of likely N-dealkylation sites (tertiary alicyclic amines) is 1. The molecule has 1 aromatic carbocycles. The standard InChI is InChI=1S/C21H26N2O4S2/c1-2-11-27-12-9-15-3-5-16(6-4-15)18-7-8-19(24)23(18)10-13-28-21-22-17(14-29-21)20(25)26/h3-6,14,18H,2,7-13H2,1H3,(H,25,26). The molecule has 8 heteroatoms. The molecule has 2 aromatic rings. The highest BCUT2D eigenvalue weighted by molar-refractivity contribution is 8.01. The third-order valence-electron chi connectivity index (χ3n) is 4.84. The summed E-state index contributed by atoms with van der Waals surface area (Å²) < 4.78 is 6.27. The summed E-state index contributed by atoms with van der Waals surface area (Å²) in [6.45, 7) is 4.27. The van der Waals surface area contributed by atoms with Crippen molar-refractivity contribution in [3.8, 4) is 0 Å². The molecule has 0 saturated carbocycles. The molecule has 0 aliphatic carbocycles. The number of amides is 1. The van der Waals surface area contributed by atoms with Crippen LogP contribution < -0.4 is 0 Å². The summed E-state index contributed by atoms with van der Waals surface area (Å²) in [5, 5.41) is 10.5. The molecule has 1 unspecified atom stereocenters. The monoisotopic (exact) mass is 434 g/mol. The second kappa shape index (κ2) is 10.8. The molecule has 1 fully saturated rings. The zero-order valence-electron chi connectivity index (χ0n) is 16.5. The summed E-state index contributed by atoms with van der Waals surface area (Å²) in [6.07, 6.45) is 3.34. The van der Waals surface area contributed by atoms with Gasteiger partial charge in [-0.05, 0) is 30.4 Å². The number of aromatic carboxylic acids is 1. The van der Waals surface area contributed by atoms with Gasteiger partial charge in [0.25, 0.3) is 0 Å². The Morgan fingerprint density at radius 2 is 2.14 bits per heavy atom. The van der Waals surface area contributed by atoms with Gasteiger partial charge in [0.05, 0.1) is 12.6 Å². The molecule has 6 nitrogen and oxygen atoms in total. The number of thiazole rings is 1. The van der Waals surface area contributed by atoms with Gasteiger partial charge in [-0.2, -0.15) is 0 Å². The van der Waals surface area contributed by atoms with Crippen LogP contribution in [0.25, 0.3) is 0 Å². The van der Waals surface area contributed by atoms with Crippen LogP contribution in [0.2, 0.25) is 0 Å². The van der Waals surface area contributed by atoms with Gasteiger partial charge in [-0.15, -0.1) is 11.3 Å². The molecule has 29 heavy (non-hydrogen) atoms. The first-order valence-corrected chi connectivity index (χ1v) is 11.7. The normalized spacial score (nSPS) is 16.5. The second-order valence-electron chi connectivity index (χ2n) is 6.90. The fourth-order valence-corrected chi connectivity index (χ4v) is 5.17. The van der Waals surface area contributed by atoms with Crippen LogP contribution in [0.5, 0.6) is 0 Å². The minimum atomic E-state index is -1.01. The fraction of sp³-hybridized carbons (Fsp3) is 0.476. The first kappa shape index (κ1) is 21.8. The van der Waals surface area contributed by atoms with Crippen LogP contribution >= 0.6 is 23.1 Å². The molecule has 1 N–H and O–H groups in total. The molecule has 0 bridgehead atoms. The highest BCUT2D eigenvalue weighted by Gasteiger charge is 2.31. The van der Waals surface area contributed by atoms with Crippen molar-refractivity contribution in [2.24, 2.45) is 0 Å². The number of carboxylic acids is 1. The third kappa shape index (κ3) is 6.04. The predicted octanol–water partition coefficient (Wildman–Crippen LogP) is 4.27. The summed E-state index contributed by atoms with van der Waals surface area (Å²) in [5.41, 5.74) is 2.49. The Bertz CT molecular complexity index is 822. The average molecular weight is 435 g/mol. The van der Waals surface area contributed by atoms with Crippen LogP contribution in [-0.4, -0.2) is 52.4 Å². The van der Waals surface area contributed by atoms with Crippen molar-refractivity contribution in [2.45, 2.75) is 43.0 Å². The maximum Gasteiger partial charge on any atom is 0.355 e. The van der Waals surface area contributed by atoms with E-state index >= 15 is 0 Å². The lowest BCUT2D eigenvalue weighted by Gasteiger charge is -2.25. The number of carbonyl (C=O) groups excluding carboxylic acids is 1. The molecule has 1 aromatic heterocycles. The number of benzene rings is 1. The second-order valence-corrected chi connectivity index (χ2v) is 9.10. The fourth-order valence-electron chi connectivity index (χ4n) is 3.36. The summed E-state index contributed by atoms with van der Waals surface area (Å²) in [4.78, 5) is 29.3. The zero-order chi connectivity index (χ0) is 20.6. The van der Waals surface area contributed by atoms with E-state index in [-0.39, 0.29) is 17.6 Å². The van der Waals surface area contributed by atoms with Crippen molar-refractivity contribution in [1.29, 1.82) is 0 Å². The zero-order valence-corrected chi connectivity index (χ0v) is 18.1. The number of rotatable bonds is 11. The van der Waals surface area contributed by atoms with Crippen LogP contribution in [0.3, 0.4) is 0 Å². The molecule has 3 rings (SSSR count). The molecule has 2 heterocycles. The molecule has 1 aliphatic heterocycles. The van der Waals surface area contributed by atoms with Gasteiger partial charge < -0.3 is 14.7 Å². The Balaban J connectivity index is 1.53. The van der Waals surface area contributed by atoms with E-state index in [1.54, 1.807) is 5.38 Å². The maximum absolute atomic E-state index is 12.4. The number of hydrogen-bond donors (Lipinski definition) is 1. The lowest BCUT2D eigenvalue weighted by atomic mass is 10.0. The van der Waals surface area contributed by atoms with E-state index in [1.807, 2.05) is 4.90 Å². The van der Waals surface area contributed by atoms with Gasteiger partial charge in [0.15, 0.2) is 10.0 Å². The van der Waals surface area contributed by atoms with E-state index in [4.69, 9.17) is 9.84 Å². The van der Waals surface area contributed by atoms with Crippen molar-refractivity contribution >= 4 is 35.0 Å². The van der Waals surface area contributed by atoms with E-state index in [0.717, 1.165) is 36.8 Å². The van der Waals surface area contributed by atoms with E-state index in [2.05, 4.69) is 36.2 Å². The van der Waals surface area contributed by atoms with Crippen molar-refractivity contribution < 1.29 is 19.4 Å². The van der Waals surface area contributed by atoms with Gasteiger partial charge in [-0.3, -0.25) is 4.79 Å². The van der Waals surface area contributed by atoms with Crippen LogP contribution in [0, 0.1) is 0 Å². The smallest absolute Gasteiger partial charge is 0.355 e. The Morgan fingerprint density at radius 1 is 1.34 bits per heavy atom. The lowest BCUT2D eigenvalue weighted by Crippen LogP contribution is -2.29. The summed E-state index contributed by atoms with van der Waals surface area (Å²) >= 11 is 2.82. The Morgan fingerprint density at radius 3 is 2.83 bits per heavy atom. The van der Waals surface area contributed by atoms with Gasteiger partial charge in [0, 0.05) is 30.7 Å². The molecular formula is C21H26N2O4S2. The van der Waals surface area contributed by atoms with Gasteiger partial charge in [-0.1, -0.05) is 43.0 Å². The topological polar surface area (TPSA) is 79.7 Å². The minimum absolute atomic E-state index is 0.0767. The van der Waals surface area contributed by atoms with E-state index in [1.165, 1.54) is 34.2 Å². The number of nitrogens with zero attached hydrogens (tertiary/aromatic N) is 2. The number of carboxylic acid groups (broad SMARTS) is 1. The van der Waals surface area contributed by atoms with Gasteiger partial charge in [0.2, 0.25) is 5.91 Å². The van der Waals surface area contributed by atoms with Crippen molar-refractivity contribution in [3.05, 3.63) is 46.5 Å². The molecule has 1 amide bonds. The molecule has 0 radical (unpaired) electrons. The number of carbonyl (C=O) groups is 2. The maximum atomic E-state index is 12.4. The number of aromatic nitrogens is 1. The largest absolute Gasteiger partial charge is 0.476 e. The molecule has 156 valence electrons. The first-order chi connectivity index (χ1) is 14.1. The Kier molecular flexibility index (Phi) is 8.09. The van der Waals surface area contributed by atoms with Gasteiger partial charge in [0.1, 0.15) is 0 Å². The highest BCUT2D eigenvalue weighted by Crippen LogP contribution is 2.33. The quantitative estimate of drug-likeness (QED) is 0.420. The number of thioether (sulfide) groups is 1.